The third-order valence-electron chi connectivity index (χ3n) is 3.98. The molecule has 0 amide bonds. The summed E-state index contributed by atoms with van der Waals surface area (Å²) in [6.07, 6.45) is 0.0120. The van der Waals surface area contributed by atoms with Crippen LogP contribution in [0.5, 0.6) is 0 Å². The second-order valence-corrected chi connectivity index (χ2v) is 5.67. The number of esters is 1. The fourth-order valence-electron chi connectivity index (χ4n) is 2.81. The maximum atomic E-state index is 12.1. The lowest BCUT2D eigenvalue weighted by Crippen LogP contribution is -2.26. The van der Waals surface area contributed by atoms with Crippen molar-refractivity contribution in [3.63, 3.8) is 0 Å². The summed E-state index contributed by atoms with van der Waals surface area (Å²) < 4.78 is 5.12. The molecule has 3 rings (SSSR count). The summed E-state index contributed by atoms with van der Waals surface area (Å²) in [5.74, 6) is -0.303. The van der Waals surface area contributed by atoms with Gasteiger partial charge in [0, 0.05) is 6.42 Å². The fourth-order valence-corrected chi connectivity index (χ4v) is 2.81. The second-order valence-electron chi connectivity index (χ2n) is 5.67. The highest BCUT2D eigenvalue weighted by Gasteiger charge is 2.39. The molecular weight excluding hydrogens is 290 g/mol. The number of nitrogens with zero attached hydrogens (tertiary/aromatic N) is 1. The summed E-state index contributed by atoms with van der Waals surface area (Å²) in [4.78, 5) is 18.0. The number of benzene rings is 2. The molecule has 120 valence electrons. The van der Waals surface area contributed by atoms with Gasteiger partial charge in [0.1, 0.15) is 0 Å². The van der Waals surface area contributed by atoms with Gasteiger partial charge in [0.05, 0.1) is 18.3 Å². The minimum absolute atomic E-state index is 0.00619. The van der Waals surface area contributed by atoms with Gasteiger partial charge in [0.2, 0.25) is 0 Å². The lowest BCUT2D eigenvalue weighted by molar-refractivity contribution is -0.154. The lowest BCUT2D eigenvalue weighted by Gasteiger charge is -2.25. The number of rotatable bonds is 4. The summed E-state index contributed by atoms with van der Waals surface area (Å²) in [5, 5.41) is 1.83. The van der Waals surface area contributed by atoms with Crippen LogP contribution in [0.4, 0.5) is 5.69 Å². The van der Waals surface area contributed by atoms with E-state index in [0.29, 0.717) is 13.0 Å². The van der Waals surface area contributed by atoms with E-state index >= 15 is 0 Å². The number of hydroxylamine groups is 1. The van der Waals surface area contributed by atoms with Crippen LogP contribution in [0.25, 0.3) is 0 Å². The number of hydrogen-bond acceptors (Lipinski definition) is 4. The van der Waals surface area contributed by atoms with Crippen LogP contribution >= 0.6 is 0 Å². The van der Waals surface area contributed by atoms with E-state index in [1.54, 1.807) is 6.92 Å². The molecule has 2 aromatic rings. The SMILES string of the molecule is CCOC(=O)[C@H]1C[C@H](c2ccccc2)N(c2ccc(C)cc2)O1. The molecule has 0 spiro atoms. The van der Waals surface area contributed by atoms with Crippen LogP contribution in [0.15, 0.2) is 54.6 Å². The molecule has 4 heteroatoms. The maximum absolute atomic E-state index is 12.1. The van der Waals surface area contributed by atoms with Crippen molar-refractivity contribution in [2.45, 2.75) is 32.4 Å². The van der Waals surface area contributed by atoms with Gasteiger partial charge in [-0.25, -0.2) is 9.86 Å². The highest BCUT2D eigenvalue weighted by atomic mass is 16.7. The van der Waals surface area contributed by atoms with Gasteiger partial charge in [0.25, 0.3) is 0 Å². The Morgan fingerprint density at radius 2 is 1.87 bits per heavy atom. The minimum atomic E-state index is -0.568. The molecule has 23 heavy (non-hydrogen) atoms. The van der Waals surface area contributed by atoms with Gasteiger partial charge < -0.3 is 4.74 Å². The maximum Gasteiger partial charge on any atom is 0.338 e. The molecule has 1 heterocycles. The second kappa shape index (κ2) is 6.84. The molecule has 0 bridgehead atoms. The van der Waals surface area contributed by atoms with Crippen molar-refractivity contribution < 1.29 is 14.4 Å². The van der Waals surface area contributed by atoms with Gasteiger partial charge in [0.15, 0.2) is 6.10 Å². The summed E-state index contributed by atoms with van der Waals surface area (Å²) in [6.45, 7) is 4.21. The van der Waals surface area contributed by atoms with Crippen molar-refractivity contribution in [3.8, 4) is 0 Å². The van der Waals surface area contributed by atoms with E-state index in [1.807, 2.05) is 54.5 Å². The van der Waals surface area contributed by atoms with E-state index < -0.39 is 6.10 Å². The molecule has 2 atom stereocenters. The first-order chi connectivity index (χ1) is 11.2. The van der Waals surface area contributed by atoms with Crippen molar-refractivity contribution in [2.75, 3.05) is 11.7 Å². The predicted octanol–water partition coefficient (Wildman–Crippen LogP) is 3.81. The van der Waals surface area contributed by atoms with E-state index in [4.69, 9.17) is 9.57 Å². The summed E-state index contributed by atoms with van der Waals surface area (Å²) in [6, 6.07) is 18.2. The Kier molecular flexibility index (Phi) is 4.63. The molecule has 1 aliphatic heterocycles. The van der Waals surface area contributed by atoms with E-state index in [0.717, 1.165) is 11.3 Å². The molecule has 0 saturated carbocycles. The third-order valence-corrected chi connectivity index (χ3v) is 3.98. The molecule has 2 aromatic carbocycles. The highest BCUT2D eigenvalue weighted by molar-refractivity contribution is 5.75. The molecule has 0 aromatic heterocycles. The van der Waals surface area contributed by atoms with Gasteiger partial charge in [-0.2, -0.15) is 0 Å². The average Bonchev–Trinajstić information content (AvgIpc) is 3.02. The molecule has 0 unspecified atom stereocenters. The van der Waals surface area contributed by atoms with Crippen LogP contribution in [0.1, 0.15) is 30.5 Å². The smallest absolute Gasteiger partial charge is 0.338 e. The number of anilines is 1. The fraction of sp³-hybridized carbons (Fsp3) is 0.316. The van der Waals surface area contributed by atoms with Crippen molar-refractivity contribution in [1.82, 2.24) is 0 Å². The Morgan fingerprint density at radius 3 is 2.52 bits per heavy atom. The normalized spacial score (nSPS) is 20.5. The summed E-state index contributed by atoms with van der Waals surface area (Å²) in [7, 11) is 0. The van der Waals surface area contributed by atoms with Gasteiger partial charge >= 0.3 is 5.97 Å². The zero-order valence-electron chi connectivity index (χ0n) is 13.4. The van der Waals surface area contributed by atoms with Crippen molar-refractivity contribution in [2.24, 2.45) is 0 Å². The van der Waals surface area contributed by atoms with Crippen LogP contribution in [-0.2, 0) is 14.4 Å². The van der Waals surface area contributed by atoms with Crippen LogP contribution < -0.4 is 5.06 Å². The zero-order valence-corrected chi connectivity index (χ0v) is 13.4. The molecule has 0 radical (unpaired) electrons. The number of aryl methyl sites for hydroxylation is 1. The molecule has 1 fully saturated rings. The molecular formula is C19H21NO3. The van der Waals surface area contributed by atoms with Crippen LogP contribution in [0, 0.1) is 6.92 Å². The first-order valence-corrected chi connectivity index (χ1v) is 7.93. The van der Waals surface area contributed by atoms with Crippen LogP contribution in [-0.4, -0.2) is 18.7 Å². The zero-order chi connectivity index (χ0) is 16.2. The number of ether oxygens (including phenoxy) is 1. The summed E-state index contributed by atoms with van der Waals surface area (Å²) >= 11 is 0. The Labute approximate surface area is 136 Å². The van der Waals surface area contributed by atoms with Crippen molar-refractivity contribution in [1.29, 1.82) is 0 Å². The number of hydrogen-bond donors (Lipinski definition) is 0. The highest BCUT2D eigenvalue weighted by Crippen LogP contribution is 2.38. The quantitative estimate of drug-likeness (QED) is 0.805. The Bertz CT molecular complexity index is 654. The first-order valence-electron chi connectivity index (χ1n) is 7.93. The topological polar surface area (TPSA) is 38.8 Å². The van der Waals surface area contributed by atoms with Crippen molar-refractivity contribution >= 4 is 11.7 Å². The minimum Gasteiger partial charge on any atom is -0.464 e. The van der Waals surface area contributed by atoms with E-state index in [1.165, 1.54) is 5.56 Å². The van der Waals surface area contributed by atoms with Crippen molar-refractivity contribution in [3.05, 3.63) is 65.7 Å². The van der Waals surface area contributed by atoms with E-state index in [9.17, 15) is 4.79 Å². The first kappa shape index (κ1) is 15.6. The molecule has 1 saturated heterocycles. The summed E-state index contributed by atoms with van der Waals surface area (Å²) in [5.41, 5.74) is 3.25. The van der Waals surface area contributed by atoms with Gasteiger partial charge in [-0.1, -0.05) is 48.0 Å². The molecule has 1 aliphatic rings. The Hall–Kier alpha value is -2.33. The Balaban J connectivity index is 1.90. The van der Waals surface area contributed by atoms with E-state index in [2.05, 4.69) is 12.1 Å². The predicted molar refractivity (Wildman–Crippen MR) is 89.0 cm³/mol. The number of carbonyl (C=O) groups is 1. The van der Waals surface area contributed by atoms with Gasteiger partial charge in [-0.15, -0.1) is 0 Å². The third kappa shape index (κ3) is 3.37. The van der Waals surface area contributed by atoms with Gasteiger partial charge in [-0.05, 0) is 31.5 Å². The van der Waals surface area contributed by atoms with E-state index in [-0.39, 0.29) is 12.0 Å². The molecule has 4 nitrogen and oxygen atoms in total. The number of carbonyl (C=O) groups excluding carboxylic acids is 1. The van der Waals surface area contributed by atoms with Gasteiger partial charge in [-0.3, -0.25) is 4.84 Å². The monoisotopic (exact) mass is 311 g/mol. The standard InChI is InChI=1S/C19H21NO3/c1-3-22-19(21)18-13-17(15-7-5-4-6-8-15)20(23-18)16-11-9-14(2)10-12-16/h4-12,17-18H,3,13H2,1-2H3/t17-,18-/m1/s1. The average molecular weight is 311 g/mol. The molecule has 0 aliphatic carbocycles. The van der Waals surface area contributed by atoms with Crippen LogP contribution in [0.3, 0.4) is 0 Å². The Morgan fingerprint density at radius 1 is 1.17 bits per heavy atom. The van der Waals surface area contributed by atoms with Crippen LogP contribution in [0.2, 0.25) is 0 Å². The largest absolute Gasteiger partial charge is 0.464 e. The lowest BCUT2D eigenvalue weighted by atomic mass is 10.0. The molecule has 0 N–H and O–H groups in total.